The van der Waals surface area contributed by atoms with Crippen LogP contribution in [0.5, 0.6) is 0 Å². The molecule has 0 bridgehead atoms. The first-order valence-electron chi connectivity index (χ1n) is 8.16. The number of guanidine groups is 1. The molecule has 3 atom stereocenters. The molecule has 5 nitrogen and oxygen atoms in total. The Morgan fingerprint density at radius 1 is 1.50 bits per heavy atom. The van der Waals surface area contributed by atoms with Gasteiger partial charge >= 0.3 is 0 Å². The molecule has 1 aromatic heterocycles. The lowest BCUT2D eigenvalue weighted by Crippen LogP contribution is -2.48. The number of aliphatic hydroxyl groups excluding tert-OH is 1. The highest BCUT2D eigenvalue weighted by Crippen LogP contribution is 2.35. The number of hydrogen-bond donors (Lipinski definition) is 3. The highest BCUT2D eigenvalue weighted by molar-refractivity contribution is 5.80. The minimum Gasteiger partial charge on any atom is -0.464 e. The number of aryl methyl sites for hydroxylation is 1. The number of rotatable bonds is 4. The van der Waals surface area contributed by atoms with E-state index in [1.807, 2.05) is 26.0 Å². The molecule has 1 saturated carbocycles. The number of hydrogen-bond acceptors (Lipinski definition) is 3. The highest BCUT2D eigenvalue weighted by atomic mass is 16.3. The van der Waals surface area contributed by atoms with Gasteiger partial charge in [0.25, 0.3) is 0 Å². The van der Waals surface area contributed by atoms with Gasteiger partial charge in [-0.05, 0) is 38.8 Å². The normalized spacial score (nSPS) is 27.5. The van der Waals surface area contributed by atoms with Crippen LogP contribution in [0.4, 0.5) is 0 Å². The second kappa shape index (κ2) is 7.18. The van der Waals surface area contributed by atoms with Crippen LogP contribution in [0.25, 0.3) is 0 Å². The third kappa shape index (κ3) is 4.03. The van der Waals surface area contributed by atoms with Crippen molar-refractivity contribution in [1.82, 2.24) is 10.6 Å². The Kier molecular flexibility index (Phi) is 5.51. The zero-order chi connectivity index (χ0) is 16.2. The van der Waals surface area contributed by atoms with Gasteiger partial charge in [-0.1, -0.05) is 19.8 Å². The summed E-state index contributed by atoms with van der Waals surface area (Å²) < 4.78 is 5.64. The Balaban J connectivity index is 1.90. The number of nitrogens with one attached hydrogen (secondary N) is 2. The molecule has 1 aliphatic rings. The van der Waals surface area contributed by atoms with Crippen molar-refractivity contribution in [1.29, 1.82) is 0 Å². The highest BCUT2D eigenvalue weighted by Gasteiger charge is 2.35. The van der Waals surface area contributed by atoms with E-state index in [-0.39, 0.29) is 17.6 Å². The summed E-state index contributed by atoms with van der Waals surface area (Å²) in [4.78, 5) is 4.27. The molecule has 3 unspecified atom stereocenters. The summed E-state index contributed by atoms with van der Waals surface area (Å²) >= 11 is 0. The van der Waals surface area contributed by atoms with Crippen LogP contribution in [0.1, 0.15) is 57.1 Å². The molecule has 2 rings (SSSR count). The summed E-state index contributed by atoms with van der Waals surface area (Å²) in [6.45, 7) is 6.85. The van der Waals surface area contributed by atoms with Crippen LogP contribution in [0.3, 0.4) is 0 Å². The van der Waals surface area contributed by atoms with Crippen molar-refractivity contribution in [3.8, 4) is 0 Å². The molecule has 0 radical (unpaired) electrons. The van der Waals surface area contributed by atoms with Crippen LogP contribution < -0.4 is 10.6 Å². The second-order valence-electron chi connectivity index (χ2n) is 6.66. The summed E-state index contributed by atoms with van der Waals surface area (Å²) in [6, 6.07) is 3.99. The van der Waals surface area contributed by atoms with Crippen molar-refractivity contribution in [3.05, 3.63) is 23.7 Å². The van der Waals surface area contributed by atoms with Gasteiger partial charge in [-0.25, -0.2) is 0 Å². The minimum atomic E-state index is -0.239. The SMILES string of the molecule is CN=C(NCC1(C)CCCCC1O)NC(C)c1ccc(C)o1. The van der Waals surface area contributed by atoms with Crippen LogP contribution in [0, 0.1) is 12.3 Å². The summed E-state index contributed by atoms with van der Waals surface area (Å²) in [7, 11) is 1.76. The molecule has 1 heterocycles. The van der Waals surface area contributed by atoms with Crippen molar-refractivity contribution in [2.24, 2.45) is 10.4 Å². The largest absolute Gasteiger partial charge is 0.464 e. The van der Waals surface area contributed by atoms with E-state index in [9.17, 15) is 5.11 Å². The van der Waals surface area contributed by atoms with Crippen LogP contribution >= 0.6 is 0 Å². The van der Waals surface area contributed by atoms with E-state index in [0.717, 1.165) is 43.3 Å². The van der Waals surface area contributed by atoms with E-state index in [4.69, 9.17) is 4.42 Å². The Labute approximate surface area is 133 Å². The van der Waals surface area contributed by atoms with Crippen LogP contribution in [-0.2, 0) is 0 Å². The monoisotopic (exact) mass is 307 g/mol. The summed E-state index contributed by atoms with van der Waals surface area (Å²) in [6.07, 6.45) is 4.01. The van der Waals surface area contributed by atoms with Gasteiger partial charge < -0.3 is 20.2 Å². The predicted octanol–water partition coefficient (Wildman–Crippen LogP) is 2.76. The van der Waals surface area contributed by atoms with Gasteiger partial charge in [-0.15, -0.1) is 0 Å². The molecule has 5 heteroatoms. The van der Waals surface area contributed by atoms with Gasteiger partial charge in [0.15, 0.2) is 5.96 Å². The van der Waals surface area contributed by atoms with E-state index < -0.39 is 0 Å². The minimum absolute atomic E-state index is 0.0454. The molecule has 1 fully saturated rings. The van der Waals surface area contributed by atoms with Gasteiger partial charge in [-0.3, -0.25) is 4.99 Å². The topological polar surface area (TPSA) is 69.8 Å². The van der Waals surface area contributed by atoms with Crippen molar-refractivity contribution in [2.45, 2.75) is 58.6 Å². The molecule has 0 saturated heterocycles. The average molecular weight is 307 g/mol. The summed E-state index contributed by atoms with van der Waals surface area (Å²) in [5.41, 5.74) is -0.0830. The van der Waals surface area contributed by atoms with Gasteiger partial charge in [0.1, 0.15) is 11.5 Å². The fourth-order valence-corrected chi connectivity index (χ4v) is 3.03. The van der Waals surface area contributed by atoms with Crippen LogP contribution in [-0.4, -0.2) is 30.8 Å². The average Bonchev–Trinajstić information content (AvgIpc) is 2.93. The molecule has 22 heavy (non-hydrogen) atoms. The van der Waals surface area contributed by atoms with E-state index in [0.29, 0.717) is 0 Å². The van der Waals surface area contributed by atoms with E-state index >= 15 is 0 Å². The second-order valence-corrected chi connectivity index (χ2v) is 6.66. The first-order valence-corrected chi connectivity index (χ1v) is 8.16. The third-order valence-electron chi connectivity index (χ3n) is 4.70. The number of nitrogens with zero attached hydrogens (tertiary/aromatic N) is 1. The maximum Gasteiger partial charge on any atom is 0.191 e. The zero-order valence-electron chi connectivity index (χ0n) is 14.1. The molecule has 0 aliphatic heterocycles. The molecular formula is C17H29N3O2. The fourth-order valence-electron chi connectivity index (χ4n) is 3.03. The predicted molar refractivity (Wildman–Crippen MR) is 88.9 cm³/mol. The third-order valence-corrected chi connectivity index (χ3v) is 4.70. The standard InChI is InChI=1S/C17H29N3O2/c1-12-8-9-14(22-12)13(2)20-16(18-4)19-11-17(3)10-6-5-7-15(17)21/h8-9,13,15,21H,5-7,10-11H2,1-4H3,(H2,18,19,20). The maximum absolute atomic E-state index is 10.3. The van der Waals surface area contributed by atoms with E-state index in [1.54, 1.807) is 7.05 Å². The van der Waals surface area contributed by atoms with Gasteiger partial charge in [0.2, 0.25) is 0 Å². The Bertz CT molecular complexity index is 512. The van der Waals surface area contributed by atoms with Gasteiger partial charge in [0.05, 0.1) is 12.1 Å². The van der Waals surface area contributed by atoms with Crippen molar-refractivity contribution in [2.75, 3.05) is 13.6 Å². The number of aliphatic imine (C=N–C) groups is 1. The van der Waals surface area contributed by atoms with E-state index in [1.165, 1.54) is 6.42 Å². The van der Waals surface area contributed by atoms with E-state index in [2.05, 4.69) is 22.5 Å². The summed E-state index contributed by atoms with van der Waals surface area (Å²) in [5, 5.41) is 16.9. The lowest BCUT2D eigenvalue weighted by molar-refractivity contribution is 0.00395. The van der Waals surface area contributed by atoms with Crippen molar-refractivity contribution >= 4 is 5.96 Å². The van der Waals surface area contributed by atoms with Crippen LogP contribution in [0.2, 0.25) is 0 Å². The first-order chi connectivity index (χ1) is 10.4. The molecule has 1 aliphatic carbocycles. The smallest absolute Gasteiger partial charge is 0.191 e. The van der Waals surface area contributed by atoms with Crippen LogP contribution in [0.15, 0.2) is 21.5 Å². The van der Waals surface area contributed by atoms with Gasteiger partial charge in [0, 0.05) is 19.0 Å². The van der Waals surface area contributed by atoms with Crippen molar-refractivity contribution in [3.63, 3.8) is 0 Å². The molecular weight excluding hydrogens is 278 g/mol. The Morgan fingerprint density at radius 3 is 2.86 bits per heavy atom. The molecule has 1 aromatic rings. The summed E-state index contributed by atoms with van der Waals surface area (Å²) in [5.74, 6) is 2.54. The fraction of sp³-hybridized carbons (Fsp3) is 0.706. The zero-order valence-corrected chi connectivity index (χ0v) is 14.1. The first kappa shape index (κ1) is 16.9. The Hall–Kier alpha value is -1.49. The lowest BCUT2D eigenvalue weighted by Gasteiger charge is -2.39. The lowest BCUT2D eigenvalue weighted by atomic mass is 9.73. The molecule has 0 aromatic carbocycles. The quantitative estimate of drug-likeness (QED) is 0.591. The van der Waals surface area contributed by atoms with Crippen molar-refractivity contribution < 1.29 is 9.52 Å². The number of furan rings is 1. The molecule has 0 amide bonds. The Morgan fingerprint density at radius 2 is 2.27 bits per heavy atom. The molecule has 0 spiro atoms. The number of aliphatic hydroxyl groups is 1. The molecule has 124 valence electrons. The molecule has 3 N–H and O–H groups in total. The van der Waals surface area contributed by atoms with Gasteiger partial charge in [-0.2, -0.15) is 0 Å². The maximum atomic E-state index is 10.3.